The minimum absolute atomic E-state index is 0.270. The highest BCUT2D eigenvalue weighted by Crippen LogP contribution is 2.34. The molecule has 4 rings (SSSR count). The lowest BCUT2D eigenvalue weighted by atomic mass is 9.91. The van der Waals surface area contributed by atoms with E-state index in [-0.39, 0.29) is 5.92 Å². The maximum absolute atomic E-state index is 13.9. The summed E-state index contributed by atoms with van der Waals surface area (Å²) in [5.41, 5.74) is 4.27. The van der Waals surface area contributed by atoms with Crippen molar-refractivity contribution in [1.29, 1.82) is 0 Å². The molecule has 0 saturated carbocycles. The van der Waals surface area contributed by atoms with E-state index in [2.05, 4.69) is 37.0 Å². The van der Waals surface area contributed by atoms with Gasteiger partial charge in [0.1, 0.15) is 0 Å². The Balaban J connectivity index is 1.52. The fourth-order valence-electron chi connectivity index (χ4n) is 4.10. The molecule has 0 radical (unpaired) electrons. The summed E-state index contributed by atoms with van der Waals surface area (Å²) in [6.45, 7) is 5.04. The van der Waals surface area contributed by atoms with Crippen LogP contribution >= 0.6 is 0 Å². The fourth-order valence-corrected chi connectivity index (χ4v) is 4.10. The largest absolute Gasteiger partial charge is 0.358 e. The van der Waals surface area contributed by atoms with Crippen molar-refractivity contribution < 1.29 is 18.0 Å². The molecule has 1 amide bonds. The Morgan fingerprint density at radius 1 is 1.04 bits per heavy atom. The molecule has 0 spiro atoms. The fraction of sp³-hybridized carbons (Fsp3) is 0.318. The minimum atomic E-state index is -1.61. The van der Waals surface area contributed by atoms with Gasteiger partial charge in [-0.25, -0.2) is 13.2 Å². The van der Waals surface area contributed by atoms with Crippen LogP contribution < -0.4 is 0 Å². The molecular formula is C22H21F3N2O. The summed E-state index contributed by atoms with van der Waals surface area (Å²) in [4.78, 5) is 17.6. The number of nitrogens with zero attached hydrogens (tertiary/aromatic N) is 1. The van der Waals surface area contributed by atoms with Crippen LogP contribution in [0.4, 0.5) is 13.2 Å². The number of aryl methyl sites for hydroxylation is 2. The Morgan fingerprint density at radius 3 is 2.46 bits per heavy atom. The Kier molecular flexibility index (Phi) is 4.65. The molecule has 0 bridgehead atoms. The van der Waals surface area contributed by atoms with Gasteiger partial charge in [0.2, 0.25) is 0 Å². The summed E-state index contributed by atoms with van der Waals surface area (Å²) >= 11 is 0. The van der Waals surface area contributed by atoms with E-state index in [1.807, 2.05) is 0 Å². The summed E-state index contributed by atoms with van der Waals surface area (Å²) in [5.74, 6) is -4.65. The van der Waals surface area contributed by atoms with Gasteiger partial charge in [-0.1, -0.05) is 11.6 Å². The normalized spacial score (nSPS) is 15.4. The topological polar surface area (TPSA) is 36.1 Å². The Labute approximate surface area is 161 Å². The molecule has 6 heteroatoms. The summed E-state index contributed by atoms with van der Waals surface area (Å²) in [6.07, 6.45) is 1.45. The summed E-state index contributed by atoms with van der Waals surface area (Å²) in [7, 11) is 0. The highest BCUT2D eigenvalue weighted by molar-refractivity contribution is 5.94. The number of benzene rings is 2. The Morgan fingerprint density at radius 2 is 1.75 bits per heavy atom. The first-order valence-corrected chi connectivity index (χ1v) is 9.38. The molecule has 1 aliphatic heterocycles. The van der Waals surface area contributed by atoms with Crippen LogP contribution in [0.5, 0.6) is 0 Å². The molecule has 1 saturated heterocycles. The minimum Gasteiger partial charge on any atom is -0.358 e. The first-order chi connectivity index (χ1) is 13.4. The van der Waals surface area contributed by atoms with E-state index in [0.717, 1.165) is 30.5 Å². The molecular weight excluding hydrogens is 365 g/mol. The number of aromatic amines is 1. The third kappa shape index (κ3) is 3.07. The van der Waals surface area contributed by atoms with Crippen LogP contribution in [0.1, 0.15) is 45.9 Å². The third-order valence-electron chi connectivity index (χ3n) is 5.71. The molecule has 0 aliphatic carbocycles. The van der Waals surface area contributed by atoms with Crippen molar-refractivity contribution in [2.45, 2.75) is 32.6 Å². The number of carbonyl (C=O) groups is 1. The zero-order valence-electron chi connectivity index (χ0n) is 15.8. The van der Waals surface area contributed by atoms with Crippen molar-refractivity contribution in [3.8, 4) is 0 Å². The van der Waals surface area contributed by atoms with Gasteiger partial charge in [0.25, 0.3) is 5.91 Å². The lowest BCUT2D eigenvalue weighted by Crippen LogP contribution is -2.38. The van der Waals surface area contributed by atoms with Gasteiger partial charge < -0.3 is 9.88 Å². The van der Waals surface area contributed by atoms with Crippen LogP contribution in [0, 0.1) is 31.3 Å². The van der Waals surface area contributed by atoms with E-state index in [4.69, 9.17) is 0 Å². The predicted octanol–water partition coefficient (Wildman–Crippen LogP) is 5.22. The van der Waals surface area contributed by atoms with Gasteiger partial charge in [0.05, 0.1) is 5.56 Å². The number of halogens is 3. The number of carbonyl (C=O) groups excluding carboxylic acids is 1. The standard InChI is InChI=1S/C22H21F3N2O/c1-12-3-6-18-16(11-12)13(2)21(26-18)14-7-9-27(10-8-14)22(28)15-4-5-17(23)20(25)19(15)24/h3-6,11,14,26H,7-10H2,1-2H3. The lowest BCUT2D eigenvalue weighted by molar-refractivity contribution is 0.0706. The van der Waals surface area contributed by atoms with Gasteiger partial charge in [-0.3, -0.25) is 4.79 Å². The molecule has 146 valence electrons. The van der Waals surface area contributed by atoms with E-state index in [1.165, 1.54) is 27.1 Å². The number of piperidine rings is 1. The molecule has 2 aromatic carbocycles. The molecule has 3 nitrogen and oxygen atoms in total. The molecule has 3 aromatic rings. The van der Waals surface area contributed by atoms with Gasteiger partial charge in [-0.15, -0.1) is 0 Å². The van der Waals surface area contributed by atoms with Crippen molar-refractivity contribution in [2.24, 2.45) is 0 Å². The Bertz CT molecular complexity index is 1070. The number of fused-ring (bicyclic) bond motifs is 1. The second-order valence-corrected chi connectivity index (χ2v) is 7.50. The number of amides is 1. The average Bonchev–Trinajstić information content (AvgIpc) is 3.02. The van der Waals surface area contributed by atoms with Crippen LogP contribution in [0.3, 0.4) is 0 Å². The average molecular weight is 386 g/mol. The first kappa shape index (κ1) is 18.6. The number of rotatable bonds is 2. The highest BCUT2D eigenvalue weighted by Gasteiger charge is 2.29. The van der Waals surface area contributed by atoms with E-state index in [0.29, 0.717) is 13.1 Å². The van der Waals surface area contributed by atoms with Crippen LogP contribution in [0.25, 0.3) is 10.9 Å². The zero-order valence-corrected chi connectivity index (χ0v) is 15.8. The van der Waals surface area contributed by atoms with E-state index in [1.54, 1.807) is 0 Å². The van der Waals surface area contributed by atoms with E-state index >= 15 is 0 Å². The second kappa shape index (κ2) is 7.00. The summed E-state index contributed by atoms with van der Waals surface area (Å²) < 4.78 is 40.5. The molecule has 1 fully saturated rings. The van der Waals surface area contributed by atoms with Crippen molar-refractivity contribution in [1.82, 2.24) is 9.88 Å². The molecule has 2 heterocycles. The van der Waals surface area contributed by atoms with Crippen molar-refractivity contribution in [3.63, 3.8) is 0 Å². The number of aromatic nitrogens is 1. The SMILES string of the molecule is Cc1ccc2[nH]c(C3CCN(C(=O)c4ccc(F)c(F)c4F)CC3)c(C)c2c1. The van der Waals surface area contributed by atoms with Crippen molar-refractivity contribution in [2.75, 3.05) is 13.1 Å². The van der Waals surface area contributed by atoms with Crippen LogP contribution in [0.2, 0.25) is 0 Å². The maximum Gasteiger partial charge on any atom is 0.256 e. The molecule has 0 atom stereocenters. The monoisotopic (exact) mass is 386 g/mol. The highest BCUT2D eigenvalue weighted by atomic mass is 19.2. The number of H-pyrrole nitrogens is 1. The lowest BCUT2D eigenvalue weighted by Gasteiger charge is -2.32. The molecule has 28 heavy (non-hydrogen) atoms. The second-order valence-electron chi connectivity index (χ2n) is 7.50. The van der Waals surface area contributed by atoms with Gasteiger partial charge in [0, 0.05) is 35.6 Å². The first-order valence-electron chi connectivity index (χ1n) is 9.38. The predicted molar refractivity (Wildman–Crippen MR) is 102 cm³/mol. The van der Waals surface area contributed by atoms with Gasteiger partial charge in [0.15, 0.2) is 17.5 Å². The van der Waals surface area contributed by atoms with Crippen molar-refractivity contribution in [3.05, 3.63) is 70.2 Å². The van der Waals surface area contributed by atoms with E-state index in [9.17, 15) is 18.0 Å². The molecule has 1 N–H and O–H groups in total. The number of nitrogens with one attached hydrogen (secondary N) is 1. The number of hydrogen-bond donors (Lipinski definition) is 1. The number of hydrogen-bond acceptors (Lipinski definition) is 1. The van der Waals surface area contributed by atoms with E-state index < -0.39 is 28.9 Å². The smallest absolute Gasteiger partial charge is 0.256 e. The van der Waals surface area contributed by atoms with Crippen molar-refractivity contribution >= 4 is 16.8 Å². The van der Waals surface area contributed by atoms with Gasteiger partial charge in [-0.2, -0.15) is 0 Å². The quantitative estimate of drug-likeness (QED) is 0.602. The molecule has 1 aliphatic rings. The van der Waals surface area contributed by atoms with Gasteiger partial charge >= 0.3 is 0 Å². The molecule has 1 aromatic heterocycles. The summed E-state index contributed by atoms with van der Waals surface area (Å²) in [5, 5.41) is 1.21. The maximum atomic E-state index is 13.9. The van der Waals surface area contributed by atoms with Gasteiger partial charge in [-0.05, 0) is 56.5 Å². The molecule has 0 unspecified atom stereocenters. The van der Waals surface area contributed by atoms with Crippen LogP contribution in [-0.2, 0) is 0 Å². The van der Waals surface area contributed by atoms with Crippen LogP contribution in [0.15, 0.2) is 30.3 Å². The number of likely N-dealkylation sites (tertiary alicyclic amines) is 1. The van der Waals surface area contributed by atoms with Crippen LogP contribution in [-0.4, -0.2) is 28.9 Å². The third-order valence-corrected chi connectivity index (χ3v) is 5.71. The summed E-state index contributed by atoms with van der Waals surface area (Å²) in [6, 6.07) is 8.10. The Hall–Kier alpha value is -2.76. The zero-order chi connectivity index (χ0) is 20.0.